The summed E-state index contributed by atoms with van der Waals surface area (Å²) in [6.07, 6.45) is 3.76. The third-order valence-electron chi connectivity index (χ3n) is 15.0. The number of hydrogen-bond acceptors (Lipinski definition) is 2. The second-order valence-electron chi connectivity index (χ2n) is 18.9. The Morgan fingerprint density at radius 2 is 0.925 bits per heavy atom. The summed E-state index contributed by atoms with van der Waals surface area (Å²) in [7, 11) is 0. The number of benzene rings is 10. The van der Waals surface area contributed by atoms with E-state index in [1.807, 2.05) is 6.08 Å². The average Bonchev–Trinajstić information content (AvgIpc) is 3.61. The van der Waals surface area contributed by atoms with Crippen LogP contribution in [-0.2, 0) is 18.3 Å². The maximum absolute atomic E-state index is 5.03. The normalized spacial score (nSPS) is 13.9. The van der Waals surface area contributed by atoms with E-state index in [2.05, 4.69) is 230 Å². The molecule has 2 aliphatic heterocycles. The van der Waals surface area contributed by atoms with Gasteiger partial charge in [-0.15, -0.1) is 0 Å². The molecule has 67 heavy (non-hydrogen) atoms. The Balaban J connectivity index is 1.18. The third kappa shape index (κ3) is 5.82. The summed E-state index contributed by atoms with van der Waals surface area (Å²) in [6, 6.07) is 74.5. The van der Waals surface area contributed by atoms with Crippen LogP contribution in [0, 0.1) is 0 Å². The molecule has 0 N–H and O–H groups in total. The maximum atomic E-state index is 5.03. The van der Waals surface area contributed by atoms with Crippen molar-refractivity contribution in [3.05, 3.63) is 263 Å². The maximum Gasteiger partial charge on any atom is 0.0497 e. The van der Waals surface area contributed by atoms with Gasteiger partial charge in [0.1, 0.15) is 0 Å². The Kier molecular flexibility index (Phi) is 8.73. The minimum absolute atomic E-state index is 0.162. The molecule has 0 amide bonds. The SMILES string of the molecule is C=Cc1ccccc1C(=C)c1c2cc(N3c4ccccc4Cc4ccccc43)ccc2c(-c2cccc3c2-c2ccccc2C3(C)C)c2cc(N3c4ccccc4Cc4ccccc43)ccc12. The van der Waals surface area contributed by atoms with Crippen molar-refractivity contribution in [2.75, 3.05) is 9.80 Å². The van der Waals surface area contributed by atoms with Gasteiger partial charge in [0.15, 0.2) is 0 Å². The van der Waals surface area contributed by atoms with E-state index in [0.29, 0.717) is 0 Å². The smallest absolute Gasteiger partial charge is 0.0497 e. The second kappa shape index (κ2) is 14.9. The van der Waals surface area contributed by atoms with Crippen molar-refractivity contribution in [3.63, 3.8) is 0 Å². The predicted octanol–water partition coefficient (Wildman–Crippen LogP) is 17.4. The molecular formula is C65H48N2. The largest absolute Gasteiger partial charge is 0.310 e. The average molecular weight is 857 g/mol. The molecule has 0 fully saturated rings. The van der Waals surface area contributed by atoms with Gasteiger partial charge in [0.2, 0.25) is 0 Å². The van der Waals surface area contributed by atoms with Gasteiger partial charge in [-0.3, -0.25) is 0 Å². The molecule has 0 atom stereocenters. The Morgan fingerprint density at radius 3 is 1.52 bits per heavy atom. The van der Waals surface area contributed by atoms with Crippen molar-refractivity contribution in [2.24, 2.45) is 0 Å². The van der Waals surface area contributed by atoms with Crippen LogP contribution < -0.4 is 9.80 Å². The van der Waals surface area contributed by atoms with Gasteiger partial charge in [-0.2, -0.15) is 0 Å². The highest BCUT2D eigenvalue weighted by atomic mass is 15.2. The molecule has 318 valence electrons. The predicted molar refractivity (Wildman–Crippen MR) is 284 cm³/mol. The monoisotopic (exact) mass is 856 g/mol. The Morgan fingerprint density at radius 1 is 0.448 bits per heavy atom. The summed E-state index contributed by atoms with van der Waals surface area (Å²) in [6.45, 7) is 14.1. The first-order valence-electron chi connectivity index (χ1n) is 23.5. The van der Waals surface area contributed by atoms with E-state index in [4.69, 9.17) is 6.58 Å². The van der Waals surface area contributed by atoms with Gasteiger partial charge in [0.05, 0.1) is 0 Å². The first-order chi connectivity index (χ1) is 32.9. The summed E-state index contributed by atoms with van der Waals surface area (Å²) in [5.41, 5.74) is 24.3. The molecule has 0 saturated heterocycles. The molecule has 3 aliphatic rings. The molecule has 2 heteroatoms. The Hall–Kier alpha value is -8.20. The number of anilines is 6. The lowest BCUT2D eigenvalue weighted by Gasteiger charge is -2.34. The molecule has 13 rings (SSSR count). The molecule has 1 aliphatic carbocycles. The number of nitrogens with zero attached hydrogens (tertiary/aromatic N) is 2. The molecule has 0 aromatic heterocycles. The van der Waals surface area contributed by atoms with Gasteiger partial charge >= 0.3 is 0 Å². The zero-order chi connectivity index (χ0) is 45.0. The van der Waals surface area contributed by atoms with Crippen molar-refractivity contribution in [1.29, 1.82) is 0 Å². The van der Waals surface area contributed by atoms with Gasteiger partial charge in [0, 0.05) is 52.4 Å². The first-order valence-corrected chi connectivity index (χ1v) is 23.5. The molecule has 0 spiro atoms. The summed E-state index contributed by atoms with van der Waals surface area (Å²) >= 11 is 0. The van der Waals surface area contributed by atoms with Gasteiger partial charge in [-0.25, -0.2) is 0 Å². The van der Waals surface area contributed by atoms with Crippen LogP contribution in [0.4, 0.5) is 34.1 Å². The molecule has 0 bridgehead atoms. The molecule has 2 heterocycles. The highest BCUT2D eigenvalue weighted by Crippen LogP contribution is 2.56. The number of fused-ring (bicyclic) bond motifs is 9. The van der Waals surface area contributed by atoms with E-state index in [1.165, 1.54) is 89.2 Å². The molecule has 10 aromatic rings. The number of para-hydroxylation sites is 4. The van der Waals surface area contributed by atoms with Gasteiger partial charge < -0.3 is 9.80 Å². The van der Waals surface area contributed by atoms with Crippen molar-refractivity contribution in [1.82, 2.24) is 0 Å². The summed E-state index contributed by atoms with van der Waals surface area (Å²) in [5.74, 6) is 0. The Labute approximate surface area is 393 Å². The molecule has 10 aromatic carbocycles. The minimum atomic E-state index is -0.162. The number of hydrogen-bond donors (Lipinski definition) is 0. The van der Waals surface area contributed by atoms with Crippen LogP contribution in [0.25, 0.3) is 55.4 Å². The van der Waals surface area contributed by atoms with Gasteiger partial charge in [-0.1, -0.05) is 185 Å². The molecule has 0 unspecified atom stereocenters. The highest BCUT2D eigenvalue weighted by molar-refractivity contribution is 6.23. The molecule has 0 saturated carbocycles. The van der Waals surface area contributed by atoms with Gasteiger partial charge in [0.25, 0.3) is 0 Å². The van der Waals surface area contributed by atoms with Crippen molar-refractivity contribution < 1.29 is 0 Å². The van der Waals surface area contributed by atoms with E-state index in [-0.39, 0.29) is 5.41 Å². The van der Waals surface area contributed by atoms with Gasteiger partial charge in [-0.05, 0) is 148 Å². The lowest BCUT2D eigenvalue weighted by atomic mass is 9.80. The van der Waals surface area contributed by atoms with Crippen LogP contribution in [0.3, 0.4) is 0 Å². The van der Waals surface area contributed by atoms with E-state index < -0.39 is 0 Å². The lowest BCUT2D eigenvalue weighted by Crippen LogP contribution is -2.18. The van der Waals surface area contributed by atoms with Crippen LogP contribution in [0.1, 0.15) is 63.9 Å². The van der Waals surface area contributed by atoms with Crippen molar-refractivity contribution in [3.8, 4) is 22.3 Å². The standard InChI is InChI=1S/C65H48N2/c1-5-42-19-6-11-24-49(42)41(2)62-50-35-33-48(67-60-31-16-9-22-45(60)38-46-23-10-17-32-61(46)67)40-55(50)63(53-26-18-28-57-64(53)52-25-12-13-27-56(52)65(57,3)4)51-36-34-47(39-54(51)62)66-58-29-14-7-20-43(58)37-44-21-8-15-30-59(44)66/h5-36,39-40H,1-2,37-38H2,3-4H3. The van der Waals surface area contributed by atoms with E-state index >= 15 is 0 Å². The van der Waals surface area contributed by atoms with Crippen LogP contribution in [-0.4, -0.2) is 0 Å². The third-order valence-corrected chi connectivity index (χ3v) is 15.0. The first kappa shape index (κ1) is 39.2. The molecule has 0 radical (unpaired) electrons. The molecular weight excluding hydrogens is 809 g/mol. The van der Waals surface area contributed by atoms with E-state index in [9.17, 15) is 0 Å². The van der Waals surface area contributed by atoms with E-state index in [0.717, 1.165) is 57.3 Å². The van der Waals surface area contributed by atoms with Crippen LogP contribution in [0.2, 0.25) is 0 Å². The summed E-state index contributed by atoms with van der Waals surface area (Å²) in [5, 5.41) is 4.70. The highest BCUT2D eigenvalue weighted by Gasteiger charge is 2.37. The topological polar surface area (TPSA) is 6.48 Å². The van der Waals surface area contributed by atoms with E-state index in [1.54, 1.807) is 0 Å². The second-order valence-corrected chi connectivity index (χ2v) is 18.9. The summed E-state index contributed by atoms with van der Waals surface area (Å²) in [4.78, 5) is 4.94. The quantitative estimate of drug-likeness (QED) is 0.154. The van der Waals surface area contributed by atoms with Crippen molar-refractivity contribution in [2.45, 2.75) is 32.1 Å². The Bertz CT molecular complexity index is 3640. The fourth-order valence-electron chi connectivity index (χ4n) is 11.9. The molecule has 2 nitrogen and oxygen atoms in total. The van der Waals surface area contributed by atoms with Crippen LogP contribution in [0.15, 0.2) is 213 Å². The fourth-order valence-corrected chi connectivity index (χ4v) is 11.9. The van der Waals surface area contributed by atoms with Crippen LogP contribution in [0.5, 0.6) is 0 Å². The zero-order valence-corrected chi connectivity index (χ0v) is 37.9. The zero-order valence-electron chi connectivity index (χ0n) is 37.9. The van der Waals surface area contributed by atoms with Crippen LogP contribution >= 0.6 is 0 Å². The minimum Gasteiger partial charge on any atom is -0.310 e. The number of rotatable bonds is 6. The van der Waals surface area contributed by atoms with Crippen molar-refractivity contribution >= 4 is 67.3 Å². The lowest BCUT2D eigenvalue weighted by molar-refractivity contribution is 0.660. The fraction of sp³-hybridized carbons (Fsp3) is 0.0769. The summed E-state index contributed by atoms with van der Waals surface area (Å²) < 4.78 is 0.